The maximum absolute atomic E-state index is 13.6. The van der Waals surface area contributed by atoms with Crippen molar-refractivity contribution in [3.05, 3.63) is 46.6 Å². The number of hydrogen-bond acceptors (Lipinski definition) is 4. The molecule has 148 valence electrons. The van der Waals surface area contributed by atoms with Gasteiger partial charge in [-0.3, -0.25) is 4.40 Å². The van der Waals surface area contributed by atoms with Crippen molar-refractivity contribution in [3.63, 3.8) is 0 Å². The molecule has 1 aliphatic heterocycles. The Morgan fingerprint density at radius 2 is 2.07 bits per heavy atom. The van der Waals surface area contributed by atoms with E-state index in [2.05, 4.69) is 27.5 Å². The number of aryl methyl sites for hydroxylation is 1. The number of rotatable bonds is 4. The van der Waals surface area contributed by atoms with Crippen molar-refractivity contribution in [2.45, 2.75) is 32.2 Å². The first kappa shape index (κ1) is 19.1. The van der Waals surface area contributed by atoms with Crippen LogP contribution in [0.5, 0.6) is 0 Å². The number of likely N-dealkylation sites (tertiary alicyclic amines) is 1. The van der Waals surface area contributed by atoms with Crippen LogP contribution in [0.2, 0.25) is 5.02 Å². The summed E-state index contributed by atoms with van der Waals surface area (Å²) in [6.07, 6.45) is 1.47. The monoisotopic (exact) mass is 405 g/mol. The van der Waals surface area contributed by atoms with Crippen LogP contribution in [0, 0.1) is 6.92 Å². The van der Waals surface area contributed by atoms with Gasteiger partial charge in [-0.1, -0.05) is 17.7 Å². The number of nitrogens with zero attached hydrogens (tertiary/aromatic N) is 4. The Hall–Kier alpha value is -2.25. The van der Waals surface area contributed by atoms with Crippen molar-refractivity contribution in [2.24, 2.45) is 0 Å². The second-order valence-electron chi connectivity index (χ2n) is 7.42. The fraction of sp³-hybridized carbons (Fsp3) is 0.400. The van der Waals surface area contributed by atoms with E-state index in [1.54, 1.807) is 12.1 Å². The SMILES string of the molecule is Cc1cc2c(-c3ccc(Cl)cc3C(F)F)nnc(N[C@@H]3CCCN(C)C3)n2c1. The molecule has 5 nitrogen and oxygen atoms in total. The molecule has 2 aromatic heterocycles. The number of likely N-dealkylation sites (N-methyl/N-ethyl adjacent to an activating group) is 1. The zero-order valence-corrected chi connectivity index (χ0v) is 16.5. The van der Waals surface area contributed by atoms with Crippen LogP contribution in [0.1, 0.15) is 30.4 Å². The van der Waals surface area contributed by atoms with Crippen LogP contribution in [0.3, 0.4) is 0 Å². The zero-order chi connectivity index (χ0) is 19.8. The molecule has 0 aliphatic carbocycles. The van der Waals surface area contributed by atoms with Gasteiger partial charge in [-0.05, 0) is 57.1 Å². The topological polar surface area (TPSA) is 45.5 Å². The molecule has 4 rings (SSSR count). The van der Waals surface area contributed by atoms with E-state index in [9.17, 15) is 8.78 Å². The molecular weight excluding hydrogens is 384 g/mol. The minimum Gasteiger partial charge on any atom is -0.350 e. The average molecular weight is 406 g/mol. The molecule has 28 heavy (non-hydrogen) atoms. The Morgan fingerprint density at radius 1 is 1.25 bits per heavy atom. The van der Waals surface area contributed by atoms with Crippen molar-refractivity contribution in [1.29, 1.82) is 0 Å². The lowest BCUT2D eigenvalue weighted by Gasteiger charge is -2.30. The molecule has 1 fully saturated rings. The van der Waals surface area contributed by atoms with E-state index in [-0.39, 0.29) is 16.6 Å². The fourth-order valence-corrected chi connectivity index (χ4v) is 4.02. The molecule has 0 radical (unpaired) electrons. The highest BCUT2D eigenvalue weighted by Crippen LogP contribution is 2.35. The number of aromatic nitrogens is 3. The maximum atomic E-state index is 13.6. The first-order valence-corrected chi connectivity index (χ1v) is 9.68. The Morgan fingerprint density at radius 3 is 2.82 bits per heavy atom. The second kappa shape index (κ2) is 7.64. The van der Waals surface area contributed by atoms with Crippen LogP contribution in [-0.2, 0) is 0 Å². The molecule has 3 aromatic rings. The normalized spacial score (nSPS) is 18.1. The zero-order valence-electron chi connectivity index (χ0n) is 15.8. The maximum Gasteiger partial charge on any atom is 0.264 e. The summed E-state index contributed by atoms with van der Waals surface area (Å²) < 4.78 is 29.1. The lowest BCUT2D eigenvalue weighted by molar-refractivity contribution is 0.152. The van der Waals surface area contributed by atoms with Gasteiger partial charge in [0, 0.05) is 34.9 Å². The third kappa shape index (κ3) is 3.69. The third-order valence-electron chi connectivity index (χ3n) is 5.13. The predicted octanol–water partition coefficient (Wildman–Crippen LogP) is 4.80. The summed E-state index contributed by atoms with van der Waals surface area (Å²) in [6.45, 7) is 3.98. The number of piperidine rings is 1. The smallest absolute Gasteiger partial charge is 0.264 e. The van der Waals surface area contributed by atoms with E-state index >= 15 is 0 Å². The van der Waals surface area contributed by atoms with Gasteiger partial charge in [0.25, 0.3) is 6.43 Å². The summed E-state index contributed by atoms with van der Waals surface area (Å²) >= 11 is 5.93. The van der Waals surface area contributed by atoms with Crippen LogP contribution in [0.15, 0.2) is 30.5 Å². The van der Waals surface area contributed by atoms with Gasteiger partial charge in [0.05, 0.1) is 5.52 Å². The largest absolute Gasteiger partial charge is 0.350 e. The van der Waals surface area contributed by atoms with Crippen molar-refractivity contribution in [3.8, 4) is 11.3 Å². The quantitative estimate of drug-likeness (QED) is 0.677. The van der Waals surface area contributed by atoms with Gasteiger partial charge in [0.2, 0.25) is 5.95 Å². The van der Waals surface area contributed by atoms with Crippen molar-refractivity contribution >= 4 is 23.1 Å². The molecule has 0 bridgehead atoms. The number of benzene rings is 1. The fourth-order valence-electron chi connectivity index (χ4n) is 3.84. The minimum atomic E-state index is -2.65. The van der Waals surface area contributed by atoms with Gasteiger partial charge in [-0.25, -0.2) is 8.78 Å². The average Bonchev–Trinajstić information content (AvgIpc) is 3.04. The predicted molar refractivity (Wildman–Crippen MR) is 107 cm³/mol. The number of hydrogen-bond donors (Lipinski definition) is 1. The molecule has 3 heterocycles. The van der Waals surface area contributed by atoms with Crippen LogP contribution in [0.4, 0.5) is 14.7 Å². The summed E-state index contributed by atoms with van der Waals surface area (Å²) in [5, 5.41) is 12.4. The number of alkyl halides is 2. The number of fused-ring (bicyclic) bond motifs is 1. The molecule has 0 amide bonds. The van der Waals surface area contributed by atoms with Crippen LogP contribution in [0.25, 0.3) is 16.8 Å². The number of halogens is 3. The number of anilines is 1. The van der Waals surface area contributed by atoms with Crippen LogP contribution in [-0.4, -0.2) is 45.7 Å². The first-order chi connectivity index (χ1) is 13.4. The minimum absolute atomic E-state index is 0.142. The van der Waals surface area contributed by atoms with Gasteiger partial charge < -0.3 is 10.2 Å². The summed E-state index contributed by atoms with van der Waals surface area (Å²) in [5.74, 6) is 0.625. The van der Waals surface area contributed by atoms with Gasteiger partial charge >= 0.3 is 0 Å². The van der Waals surface area contributed by atoms with E-state index in [0.29, 0.717) is 17.2 Å². The standard InChI is InChI=1S/C20H22ClF2N5/c1-12-8-17-18(15-6-5-13(21)9-16(15)19(22)23)25-26-20(28(17)10-12)24-14-4-3-7-27(2)11-14/h5-6,8-10,14,19H,3-4,7,11H2,1-2H3,(H,24,26)/t14-/m1/s1. The molecule has 1 aliphatic rings. The molecular formula is C20H22ClF2N5. The van der Waals surface area contributed by atoms with Gasteiger partial charge in [0.1, 0.15) is 5.69 Å². The summed E-state index contributed by atoms with van der Waals surface area (Å²) in [7, 11) is 2.10. The Kier molecular flexibility index (Phi) is 5.21. The van der Waals surface area contributed by atoms with Crippen molar-refractivity contribution in [1.82, 2.24) is 19.5 Å². The van der Waals surface area contributed by atoms with E-state index in [1.165, 1.54) is 6.07 Å². The van der Waals surface area contributed by atoms with Gasteiger partial charge in [-0.15, -0.1) is 10.2 Å². The van der Waals surface area contributed by atoms with E-state index in [0.717, 1.165) is 37.0 Å². The molecule has 8 heteroatoms. The highest BCUT2D eigenvalue weighted by Gasteiger charge is 2.22. The molecule has 1 saturated heterocycles. The van der Waals surface area contributed by atoms with Crippen molar-refractivity contribution < 1.29 is 8.78 Å². The van der Waals surface area contributed by atoms with Crippen LogP contribution < -0.4 is 5.32 Å². The van der Waals surface area contributed by atoms with Crippen molar-refractivity contribution in [2.75, 3.05) is 25.5 Å². The summed E-state index contributed by atoms with van der Waals surface area (Å²) in [5.41, 5.74) is 2.37. The second-order valence-corrected chi connectivity index (χ2v) is 7.86. The lowest BCUT2D eigenvalue weighted by Crippen LogP contribution is -2.40. The molecule has 0 saturated carbocycles. The lowest BCUT2D eigenvalue weighted by atomic mass is 10.0. The van der Waals surface area contributed by atoms with Gasteiger partial charge in [0.15, 0.2) is 0 Å². The molecule has 1 N–H and O–H groups in total. The van der Waals surface area contributed by atoms with E-state index in [1.807, 2.05) is 23.6 Å². The Bertz CT molecular complexity index is 1000. The molecule has 1 aromatic carbocycles. The highest BCUT2D eigenvalue weighted by molar-refractivity contribution is 6.30. The summed E-state index contributed by atoms with van der Waals surface area (Å²) in [4.78, 5) is 2.28. The van der Waals surface area contributed by atoms with E-state index in [4.69, 9.17) is 11.6 Å². The Labute approximate surface area is 167 Å². The first-order valence-electron chi connectivity index (χ1n) is 9.31. The highest BCUT2D eigenvalue weighted by atomic mass is 35.5. The van der Waals surface area contributed by atoms with E-state index < -0.39 is 6.43 Å². The molecule has 1 atom stereocenters. The van der Waals surface area contributed by atoms with Gasteiger partial charge in [-0.2, -0.15) is 0 Å². The third-order valence-corrected chi connectivity index (χ3v) is 5.37. The molecule has 0 unspecified atom stereocenters. The van der Waals surface area contributed by atoms with Crippen LogP contribution >= 0.6 is 11.6 Å². The summed E-state index contributed by atoms with van der Waals surface area (Å²) in [6, 6.07) is 6.68. The number of nitrogens with one attached hydrogen (secondary N) is 1. The molecule has 0 spiro atoms. The Balaban J connectivity index is 1.78.